The molecule has 2 aliphatic rings. The first-order chi connectivity index (χ1) is 12.4. The van der Waals surface area contributed by atoms with Gasteiger partial charge >= 0.3 is 18.0 Å². The van der Waals surface area contributed by atoms with Crippen molar-refractivity contribution in [2.75, 3.05) is 20.3 Å². The molecule has 0 atom stereocenters. The maximum atomic E-state index is 11.6. The van der Waals surface area contributed by atoms with Crippen molar-refractivity contribution in [3.05, 3.63) is 0 Å². The van der Waals surface area contributed by atoms with Gasteiger partial charge in [-0.15, -0.1) is 0 Å². The number of carboxylic acids is 1. The average molecular weight is 369 g/mol. The minimum atomic E-state index is -0.674. The van der Waals surface area contributed by atoms with Crippen molar-refractivity contribution >= 4 is 18.0 Å². The first-order valence-corrected chi connectivity index (χ1v) is 9.67. The predicted octanol–water partition coefficient (Wildman–Crippen LogP) is 3.26. The molecule has 2 rings (SSSR count). The molecule has 148 valence electrons. The summed E-state index contributed by atoms with van der Waals surface area (Å²) in [5, 5.41) is 11.8. The fourth-order valence-corrected chi connectivity index (χ4v) is 3.38. The van der Waals surface area contributed by atoms with E-state index >= 15 is 0 Å². The van der Waals surface area contributed by atoms with Gasteiger partial charge in [-0.05, 0) is 51.4 Å². The lowest BCUT2D eigenvalue weighted by molar-refractivity contribution is -0.147. The highest BCUT2D eigenvalue weighted by Crippen LogP contribution is 2.51. The van der Waals surface area contributed by atoms with Crippen molar-refractivity contribution in [3.63, 3.8) is 0 Å². The zero-order chi connectivity index (χ0) is 19.0. The molecule has 26 heavy (non-hydrogen) atoms. The van der Waals surface area contributed by atoms with E-state index in [1.54, 1.807) is 0 Å². The second kappa shape index (κ2) is 9.24. The van der Waals surface area contributed by atoms with Crippen LogP contribution in [0.2, 0.25) is 0 Å². The van der Waals surface area contributed by atoms with Crippen LogP contribution >= 0.6 is 0 Å². The molecule has 2 fully saturated rings. The molecule has 2 aliphatic carbocycles. The molecule has 0 aliphatic heterocycles. The number of carbonyl (C=O) groups excluding carboxylic acids is 2. The van der Waals surface area contributed by atoms with Gasteiger partial charge in [0.15, 0.2) is 0 Å². The number of aliphatic carboxylic acids is 1. The number of carboxylic acid groups (broad SMARTS) is 1. The summed E-state index contributed by atoms with van der Waals surface area (Å²) in [4.78, 5) is 34.2. The molecule has 0 aromatic heterocycles. The van der Waals surface area contributed by atoms with Gasteiger partial charge in [-0.2, -0.15) is 0 Å². The smallest absolute Gasteiger partial charge is 0.407 e. The van der Waals surface area contributed by atoms with Gasteiger partial charge in [-0.25, -0.2) is 4.79 Å². The monoisotopic (exact) mass is 369 g/mol. The quantitative estimate of drug-likeness (QED) is 0.382. The Morgan fingerprint density at radius 1 is 0.923 bits per heavy atom. The largest absolute Gasteiger partial charge is 0.481 e. The van der Waals surface area contributed by atoms with E-state index in [1.807, 2.05) is 0 Å². The van der Waals surface area contributed by atoms with Crippen LogP contribution in [-0.4, -0.2) is 43.4 Å². The number of unbranched alkanes of at least 4 members (excludes halogenated alkanes) is 3. The fourth-order valence-electron chi connectivity index (χ4n) is 3.38. The molecule has 0 heterocycles. The first kappa shape index (κ1) is 20.5. The maximum Gasteiger partial charge on any atom is 0.407 e. The van der Waals surface area contributed by atoms with Gasteiger partial charge in [0, 0.05) is 6.54 Å². The molecule has 0 aromatic rings. The van der Waals surface area contributed by atoms with Crippen molar-refractivity contribution in [3.8, 4) is 0 Å². The third-order valence-corrected chi connectivity index (χ3v) is 5.66. The van der Waals surface area contributed by atoms with Crippen molar-refractivity contribution in [1.82, 2.24) is 5.32 Å². The first-order valence-electron chi connectivity index (χ1n) is 9.67. The van der Waals surface area contributed by atoms with E-state index in [1.165, 1.54) is 7.11 Å². The maximum absolute atomic E-state index is 11.6. The standard InChI is InChI=1S/C19H31NO6/c1-25-16(23)19(11-12-19)8-4-5-13-20-17(24)26-14-6-2-3-7-18(9-10-18)15(21)22/h2-14H2,1H3,(H,20,24)(H,21,22). The van der Waals surface area contributed by atoms with Crippen molar-refractivity contribution in [2.45, 2.75) is 70.6 Å². The van der Waals surface area contributed by atoms with Crippen LogP contribution in [0.15, 0.2) is 0 Å². The van der Waals surface area contributed by atoms with Gasteiger partial charge in [0.1, 0.15) is 0 Å². The van der Waals surface area contributed by atoms with Gasteiger partial charge in [-0.3, -0.25) is 9.59 Å². The Kier molecular flexibility index (Phi) is 7.29. The van der Waals surface area contributed by atoms with Crippen LogP contribution in [0.5, 0.6) is 0 Å². The Labute approximate surface area is 154 Å². The van der Waals surface area contributed by atoms with Crippen molar-refractivity contribution in [2.24, 2.45) is 10.8 Å². The summed E-state index contributed by atoms with van der Waals surface area (Å²) in [7, 11) is 1.43. The normalized spacial score (nSPS) is 18.7. The summed E-state index contributed by atoms with van der Waals surface area (Å²) in [5.74, 6) is -0.784. The number of rotatable bonds is 13. The van der Waals surface area contributed by atoms with Crippen LogP contribution in [0.1, 0.15) is 70.6 Å². The molecule has 2 saturated carbocycles. The Bertz CT molecular complexity index is 510. The average Bonchev–Trinajstić information content (AvgIpc) is 3.52. The van der Waals surface area contributed by atoms with Crippen molar-refractivity contribution in [1.29, 1.82) is 0 Å². The molecule has 7 nitrogen and oxygen atoms in total. The molecule has 0 aromatic carbocycles. The number of carbonyl (C=O) groups is 3. The van der Waals surface area contributed by atoms with Crippen LogP contribution < -0.4 is 5.32 Å². The molecule has 0 bridgehead atoms. The van der Waals surface area contributed by atoms with Gasteiger partial charge < -0.3 is 19.9 Å². The number of hydrogen-bond acceptors (Lipinski definition) is 5. The van der Waals surface area contributed by atoms with E-state index in [0.29, 0.717) is 13.2 Å². The van der Waals surface area contributed by atoms with E-state index in [9.17, 15) is 14.4 Å². The van der Waals surface area contributed by atoms with Gasteiger partial charge in [0.2, 0.25) is 0 Å². The number of alkyl carbamates (subject to hydrolysis) is 1. The second-order valence-electron chi connectivity index (χ2n) is 7.69. The lowest BCUT2D eigenvalue weighted by atomic mass is 9.99. The number of methoxy groups -OCH3 is 1. The summed E-state index contributed by atoms with van der Waals surface area (Å²) in [5.41, 5.74) is -0.708. The minimum absolute atomic E-state index is 0.110. The summed E-state index contributed by atoms with van der Waals surface area (Å²) in [6.45, 7) is 0.897. The predicted molar refractivity (Wildman–Crippen MR) is 94.7 cm³/mol. The SMILES string of the molecule is COC(=O)C1(CCCCNC(=O)OCCCCCC2(C(=O)O)CC2)CC1. The lowest BCUT2D eigenvalue weighted by Crippen LogP contribution is -2.26. The Hall–Kier alpha value is -1.79. The van der Waals surface area contributed by atoms with Crippen LogP contribution in [0.4, 0.5) is 4.79 Å². The van der Waals surface area contributed by atoms with E-state index < -0.39 is 17.5 Å². The highest BCUT2D eigenvalue weighted by Gasteiger charge is 2.50. The molecule has 1 amide bonds. The highest BCUT2D eigenvalue weighted by molar-refractivity contribution is 5.79. The third-order valence-electron chi connectivity index (χ3n) is 5.66. The van der Waals surface area contributed by atoms with Crippen LogP contribution in [0.3, 0.4) is 0 Å². The summed E-state index contributed by atoms with van der Waals surface area (Å²) in [6.07, 6.45) is 8.70. The van der Waals surface area contributed by atoms with E-state index in [2.05, 4.69) is 5.32 Å². The molecular formula is C19H31NO6. The molecular weight excluding hydrogens is 338 g/mol. The Morgan fingerprint density at radius 3 is 2.12 bits per heavy atom. The van der Waals surface area contributed by atoms with Gasteiger partial charge in [0.25, 0.3) is 0 Å². The Balaban J connectivity index is 1.40. The molecule has 7 heteroatoms. The van der Waals surface area contributed by atoms with Crippen LogP contribution in [0.25, 0.3) is 0 Å². The zero-order valence-corrected chi connectivity index (χ0v) is 15.7. The van der Waals surface area contributed by atoms with Gasteiger partial charge in [0.05, 0.1) is 24.5 Å². The van der Waals surface area contributed by atoms with Crippen molar-refractivity contribution < 1.29 is 29.0 Å². The van der Waals surface area contributed by atoms with E-state index in [0.717, 1.165) is 70.6 Å². The lowest BCUT2D eigenvalue weighted by Gasteiger charge is -2.12. The van der Waals surface area contributed by atoms with E-state index in [4.69, 9.17) is 14.6 Å². The number of hydrogen-bond donors (Lipinski definition) is 2. The van der Waals surface area contributed by atoms with E-state index in [-0.39, 0.29) is 11.4 Å². The van der Waals surface area contributed by atoms with Crippen LogP contribution in [-0.2, 0) is 19.1 Å². The fraction of sp³-hybridized carbons (Fsp3) is 0.842. The molecule has 2 N–H and O–H groups in total. The minimum Gasteiger partial charge on any atom is -0.481 e. The summed E-state index contributed by atoms with van der Waals surface area (Å²) in [6, 6.07) is 0. The molecule has 0 spiro atoms. The third kappa shape index (κ3) is 5.88. The zero-order valence-electron chi connectivity index (χ0n) is 15.7. The number of esters is 1. The number of amides is 1. The topological polar surface area (TPSA) is 102 Å². The van der Waals surface area contributed by atoms with Crippen LogP contribution in [0, 0.1) is 10.8 Å². The number of nitrogens with one attached hydrogen (secondary N) is 1. The Morgan fingerprint density at radius 2 is 1.54 bits per heavy atom. The molecule has 0 radical (unpaired) electrons. The highest BCUT2D eigenvalue weighted by atomic mass is 16.5. The van der Waals surface area contributed by atoms with Gasteiger partial charge in [-0.1, -0.05) is 19.3 Å². The molecule has 0 saturated heterocycles. The molecule has 0 unspecified atom stereocenters. The summed E-state index contributed by atoms with van der Waals surface area (Å²) < 4.78 is 9.93. The summed E-state index contributed by atoms with van der Waals surface area (Å²) >= 11 is 0. The number of ether oxygens (including phenoxy) is 2. The second-order valence-corrected chi connectivity index (χ2v) is 7.69.